The first-order chi connectivity index (χ1) is 12.5. The summed E-state index contributed by atoms with van der Waals surface area (Å²) in [6.45, 7) is 5.77. The normalized spacial score (nSPS) is 12.9. The van der Waals surface area contributed by atoms with Crippen molar-refractivity contribution in [1.82, 2.24) is 14.6 Å². The van der Waals surface area contributed by atoms with Crippen molar-refractivity contribution in [3.63, 3.8) is 0 Å². The monoisotopic (exact) mass is 395 g/mol. The summed E-state index contributed by atoms with van der Waals surface area (Å²) in [5, 5.41) is 8.97. The first-order valence-corrected chi connectivity index (χ1v) is 8.45. The molecule has 5 nitrogen and oxygen atoms in total. The number of rotatable bonds is 3. The highest BCUT2D eigenvalue weighted by Gasteiger charge is 2.34. The van der Waals surface area contributed by atoms with E-state index in [-0.39, 0.29) is 16.9 Å². The Hall–Kier alpha value is -2.61. The third kappa shape index (κ3) is 4.39. The van der Waals surface area contributed by atoms with E-state index in [0.29, 0.717) is 10.7 Å². The molecule has 0 saturated heterocycles. The van der Waals surface area contributed by atoms with E-state index in [1.807, 2.05) is 20.8 Å². The number of hydrogen-bond acceptors (Lipinski definition) is 4. The third-order valence-corrected chi connectivity index (χ3v) is 4.00. The van der Waals surface area contributed by atoms with E-state index >= 15 is 0 Å². The molecular formula is C18H17ClF3N5. The fourth-order valence-corrected chi connectivity index (χ4v) is 2.41. The standard InChI is InChI=1S/C18H17ClF3N5/c1-17(2,3)13-8-15-24-14(18(20,21)22)9-16(27(15)26-13)25-23-10-11-4-6-12(19)7-5-11/h4-10,25H,1-3H3/b23-10-. The van der Waals surface area contributed by atoms with Gasteiger partial charge in [0.05, 0.1) is 11.9 Å². The Labute approximate surface area is 158 Å². The molecule has 0 spiro atoms. The lowest BCUT2D eigenvalue weighted by Gasteiger charge is -2.13. The summed E-state index contributed by atoms with van der Waals surface area (Å²) in [5.41, 5.74) is 2.73. The molecule has 0 aliphatic rings. The molecule has 27 heavy (non-hydrogen) atoms. The van der Waals surface area contributed by atoms with E-state index in [9.17, 15) is 13.2 Å². The van der Waals surface area contributed by atoms with Crippen LogP contribution < -0.4 is 5.43 Å². The number of anilines is 1. The second-order valence-electron chi connectivity index (χ2n) is 7.00. The third-order valence-electron chi connectivity index (χ3n) is 3.75. The highest BCUT2D eigenvalue weighted by Crippen LogP contribution is 2.31. The first-order valence-electron chi connectivity index (χ1n) is 8.07. The fourth-order valence-electron chi connectivity index (χ4n) is 2.29. The molecule has 0 fully saturated rings. The number of hydrogen-bond donors (Lipinski definition) is 1. The number of aromatic nitrogens is 3. The molecule has 0 amide bonds. The van der Waals surface area contributed by atoms with Gasteiger partial charge >= 0.3 is 6.18 Å². The van der Waals surface area contributed by atoms with Crippen LogP contribution in [-0.2, 0) is 11.6 Å². The zero-order valence-electron chi connectivity index (χ0n) is 14.8. The summed E-state index contributed by atoms with van der Waals surface area (Å²) in [7, 11) is 0. The fraction of sp³-hybridized carbons (Fsp3) is 0.278. The lowest BCUT2D eigenvalue weighted by molar-refractivity contribution is -0.141. The minimum Gasteiger partial charge on any atom is -0.261 e. The molecule has 1 aromatic carbocycles. The summed E-state index contributed by atoms with van der Waals surface area (Å²) in [6.07, 6.45) is -3.10. The van der Waals surface area contributed by atoms with Gasteiger partial charge in [-0.3, -0.25) is 5.43 Å². The lowest BCUT2D eigenvalue weighted by atomic mass is 9.93. The summed E-state index contributed by atoms with van der Waals surface area (Å²) in [6, 6.07) is 9.29. The maximum atomic E-state index is 13.2. The molecule has 2 aromatic heterocycles. The van der Waals surface area contributed by atoms with Crippen LogP contribution in [0, 0.1) is 0 Å². The summed E-state index contributed by atoms with van der Waals surface area (Å²) < 4.78 is 40.9. The first kappa shape index (κ1) is 19.2. The van der Waals surface area contributed by atoms with Crippen LogP contribution in [0.1, 0.15) is 37.7 Å². The predicted molar refractivity (Wildman–Crippen MR) is 99.4 cm³/mol. The van der Waals surface area contributed by atoms with Crippen LogP contribution in [0.4, 0.5) is 19.0 Å². The van der Waals surface area contributed by atoms with E-state index in [1.165, 1.54) is 10.7 Å². The number of halogens is 4. The molecule has 0 atom stereocenters. The highest BCUT2D eigenvalue weighted by atomic mass is 35.5. The maximum Gasteiger partial charge on any atom is 0.433 e. The smallest absolute Gasteiger partial charge is 0.261 e. The van der Waals surface area contributed by atoms with Crippen LogP contribution in [0.2, 0.25) is 5.02 Å². The average Bonchev–Trinajstić information content (AvgIpc) is 3.00. The van der Waals surface area contributed by atoms with E-state index in [1.54, 1.807) is 30.3 Å². The van der Waals surface area contributed by atoms with Crippen LogP contribution in [0.3, 0.4) is 0 Å². The molecule has 0 unspecified atom stereocenters. The quantitative estimate of drug-likeness (QED) is 0.493. The molecule has 1 N–H and O–H groups in total. The Balaban J connectivity index is 2.01. The number of hydrazone groups is 1. The van der Waals surface area contributed by atoms with Crippen molar-refractivity contribution in [2.75, 3.05) is 5.43 Å². The van der Waals surface area contributed by atoms with Crippen LogP contribution in [0.5, 0.6) is 0 Å². The summed E-state index contributed by atoms with van der Waals surface area (Å²) in [5.74, 6) is 0.0630. The van der Waals surface area contributed by atoms with Gasteiger partial charge in [-0.05, 0) is 17.7 Å². The van der Waals surface area contributed by atoms with Gasteiger partial charge in [-0.25, -0.2) is 4.98 Å². The molecule has 0 bridgehead atoms. The minimum absolute atomic E-state index is 0.0630. The predicted octanol–water partition coefficient (Wildman–Crippen LogP) is 5.15. The molecule has 2 heterocycles. The van der Waals surface area contributed by atoms with Gasteiger partial charge in [-0.1, -0.05) is 44.5 Å². The van der Waals surface area contributed by atoms with Gasteiger partial charge in [0, 0.05) is 22.6 Å². The van der Waals surface area contributed by atoms with Crippen molar-refractivity contribution in [3.05, 3.63) is 58.4 Å². The Morgan fingerprint density at radius 1 is 1.07 bits per heavy atom. The highest BCUT2D eigenvalue weighted by molar-refractivity contribution is 6.30. The van der Waals surface area contributed by atoms with Gasteiger partial charge in [0.2, 0.25) is 0 Å². The van der Waals surface area contributed by atoms with Crippen molar-refractivity contribution in [2.24, 2.45) is 5.10 Å². The topological polar surface area (TPSA) is 54.6 Å². The molecule has 3 aromatic rings. The van der Waals surface area contributed by atoms with Gasteiger partial charge in [-0.2, -0.15) is 27.9 Å². The van der Waals surface area contributed by atoms with E-state index < -0.39 is 11.9 Å². The van der Waals surface area contributed by atoms with Crippen molar-refractivity contribution in [3.8, 4) is 0 Å². The largest absolute Gasteiger partial charge is 0.433 e. The molecule has 0 aliphatic carbocycles. The van der Waals surface area contributed by atoms with Crippen LogP contribution >= 0.6 is 11.6 Å². The number of benzene rings is 1. The average molecular weight is 396 g/mol. The summed E-state index contributed by atoms with van der Waals surface area (Å²) in [4.78, 5) is 3.69. The van der Waals surface area contributed by atoms with Gasteiger partial charge < -0.3 is 0 Å². The van der Waals surface area contributed by atoms with Crippen molar-refractivity contribution >= 4 is 29.3 Å². The second-order valence-corrected chi connectivity index (χ2v) is 7.43. The minimum atomic E-state index is -4.58. The molecule has 0 aliphatic heterocycles. The Morgan fingerprint density at radius 3 is 2.33 bits per heavy atom. The number of nitrogens with zero attached hydrogens (tertiary/aromatic N) is 4. The van der Waals surface area contributed by atoms with E-state index in [4.69, 9.17) is 11.6 Å². The molecule has 0 saturated carbocycles. The summed E-state index contributed by atoms with van der Waals surface area (Å²) >= 11 is 5.82. The molecule has 142 valence electrons. The van der Waals surface area contributed by atoms with Gasteiger partial charge in [-0.15, -0.1) is 0 Å². The molecule has 9 heteroatoms. The second kappa shape index (κ2) is 6.84. The van der Waals surface area contributed by atoms with Crippen molar-refractivity contribution in [1.29, 1.82) is 0 Å². The zero-order chi connectivity index (χ0) is 19.8. The van der Waals surface area contributed by atoms with Gasteiger partial charge in [0.15, 0.2) is 17.2 Å². The zero-order valence-corrected chi connectivity index (χ0v) is 15.6. The maximum absolute atomic E-state index is 13.2. The number of alkyl halides is 3. The van der Waals surface area contributed by atoms with Crippen molar-refractivity contribution in [2.45, 2.75) is 32.4 Å². The molecule has 3 rings (SSSR count). The number of fused-ring (bicyclic) bond motifs is 1. The van der Waals surface area contributed by atoms with Gasteiger partial charge in [0.25, 0.3) is 0 Å². The van der Waals surface area contributed by atoms with Crippen molar-refractivity contribution < 1.29 is 13.2 Å². The van der Waals surface area contributed by atoms with Gasteiger partial charge in [0.1, 0.15) is 0 Å². The van der Waals surface area contributed by atoms with Crippen LogP contribution in [0.25, 0.3) is 5.65 Å². The Morgan fingerprint density at radius 2 is 1.74 bits per heavy atom. The van der Waals surface area contributed by atoms with E-state index in [0.717, 1.165) is 11.6 Å². The SMILES string of the molecule is CC(C)(C)c1cc2nc(C(F)(F)F)cc(N/N=C\c3ccc(Cl)cc3)n2n1. The molecule has 0 radical (unpaired) electrons. The lowest BCUT2D eigenvalue weighted by Crippen LogP contribution is -2.13. The Bertz CT molecular complexity index is 985. The Kier molecular flexibility index (Phi) is 4.86. The number of nitrogens with one attached hydrogen (secondary N) is 1. The molecular weight excluding hydrogens is 379 g/mol. The van der Waals surface area contributed by atoms with E-state index in [2.05, 4.69) is 20.6 Å². The van der Waals surface area contributed by atoms with Crippen LogP contribution in [-0.4, -0.2) is 20.8 Å². The van der Waals surface area contributed by atoms with Crippen LogP contribution in [0.15, 0.2) is 41.5 Å².